The SMILES string of the molecule is COc1ccc(C(C)C)c(OC)c1-c1c(O)cccc1O. The Morgan fingerprint density at radius 1 is 0.857 bits per heavy atom. The average molecular weight is 288 g/mol. The Bertz CT molecular complexity index is 627. The van der Waals surface area contributed by atoms with E-state index in [0.29, 0.717) is 22.6 Å². The van der Waals surface area contributed by atoms with Crippen LogP contribution in [0.25, 0.3) is 11.1 Å². The summed E-state index contributed by atoms with van der Waals surface area (Å²) in [6.45, 7) is 4.11. The van der Waals surface area contributed by atoms with Gasteiger partial charge in [-0.1, -0.05) is 26.0 Å². The molecular formula is C17H20O4. The molecule has 0 fully saturated rings. The van der Waals surface area contributed by atoms with Gasteiger partial charge in [0, 0.05) is 0 Å². The van der Waals surface area contributed by atoms with Crippen molar-refractivity contribution in [1.82, 2.24) is 0 Å². The summed E-state index contributed by atoms with van der Waals surface area (Å²) in [6, 6.07) is 8.38. The maximum atomic E-state index is 10.1. The normalized spacial score (nSPS) is 10.7. The summed E-state index contributed by atoms with van der Waals surface area (Å²) in [4.78, 5) is 0. The monoisotopic (exact) mass is 288 g/mol. The maximum Gasteiger partial charge on any atom is 0.134 e. The van der Waals surface area contributed by atoms with Gasteiger partial charge in [0.1, 0.15) is 23.0 Å². The number of hydrogen-bond donors (Lipinski definition) is 2. The van der Waals surface area contributed by atoms with Gasteiger partial charge in [-0.2, -0.15) is 0 Å². The van der Waals surface area contributed by atoms with Crippen LogP contribution in [0.3, 0.4) is 0 Å². The Morgan fingerprint density at radius 2 is 1.48 bits per heavy atom. The molecule has 0 radical (unpaired) electrons. The fraction of sp³-hybridized carbons (Fsp3) is 0.294. The minimum absolute atomic E-state index is 0.0208. The van der Waals surface area contributed by atoms with E-state index < -0.39 is 0 Å². The van der Waals surface area contributed by atoms with E-state index in [2.05, 4.69) is 13.8 Å². The molecule has 0 bridgehead atoms. The lowest BCUT2D eigenvalue weighted by Crippen LogP contribution is -2.00. The molecule has 2 N–H and O–H groups in total. The molecule has 0 saturated heterocycles. The van der Waals surface area contributed by atoms with Crippen molar-refractivity contribution in [1.29, 1.82) is 0 Å². The molecule has 0 atom stereocenters. The molecule has 2 aromatic carbocycles. The molecule has 0 unspecified atom stereocenters. The highest BCUT2D eigenvalue weighted by Crippen LogP contribution is 2.49. The third-order valence-corrected chi connectivity index (χ3v) is 3.47. The van der Waals surface area contributed by atoms with Gasteiger partial charge in [0.2, 0.25) is 0 Å². The second-order valence-corrected chi connectivity index (χ2v) is 5.09. The summed E-state index contributed by atoms with van der Waals surface area (Å²) in [7, 11) is 3.12. The molecule has 4 nitrogen and oxygen atoms in total. The molecule has 0 aliphatic rings. The third-order valence-electron chi connectivity index (χ3n) is 3.47. The molecule has 2 aromatic rings. The minimum atomic E-state index is -0.0208. The van der Waals surface area contributed by atoms with Gasteiger partial charge in [-0.05, 0) is 29.7 Å². The zero-order chi connectivity index (χ0) is 15.6. The van der Waals surface area contributed by atoms with E-state index in [1.54, 1.807) is 20.3 Å². The number of benzene rings is 2. The van der Waals surface area contributed by atoms with Crippen LogP contribution in [-0.2, 0) is 0 Å². The smallest absolute Gasteiger partial charge is 0.134 e. The Labute approximate surface area is 124 Å². The van der Waals surface area contributed by atoms with Gasteiger partial charge < -0.3 is 19.7 Å². The van der Waals surface area contributed by atoms with Crippen molar-refractivity contribution in [2.75, 3.05) is 14.2 Å². The molecule has 2 rings (SSSR count). The predicted octanol–water partition coefficient (Wildman–Crippen LogP) is 3.91. The van der Waals surface area contributed by atoms with Crippen LogP contribution in [0.4, 0.5) is 0 Å². The van der Waals surface area contributed by atoms with Crippen molar-refractivity contribution in [3.63, 3.8) is 0 Å². The summed E-state index contributed by atoms with van der Waals surface area (Å²) in [5.74, 6) is 1.33. The van der Waals surface area contributed by atoms with Crippen molar-refractivity contribution in [2.24, 2.45) is 0 Å². The van der Waals surface area contributed by atoms with Crippen LogP contribution in [0, 0.1) is 0 Å². The van der Waals surface area contributed by atoms with Crippen LogP contribution in [0.5, 0.6) is 23.0 Å². The van der Waals surface area contributed by atoms with Crippen LogP contribution >= 0.6 is 0 Å². The van der Waals surface area contributed by atoms with Crippen molar-refractivity contribution in [3.8, 4) is 34.1 Å². The first-order valence-corrected chi connectivity index (χ1v) is 6.77. The number of ether oxygens (including phenoxy) is 2. The number of methoxy groups -OCH3 is 2. The topological polar surface area (TPSA) is 58.9 Å². The van der Waals surface area contributed by atoms with Crippen molar-refractivity contribution < 1.29 is 19.7 Å². The zero-order valence-electron chi connectivity index (χ0n) is 12.7. The van der Waals surface area contributed by atoms with Crippen molar-refractivity contribution in [3.05, 3.63) is 35.9 Å². The molecule has 21 heavy (non-hydrogen) atoms. The third kappa shape index (κ3) is 2.61. The highest BCUT2D eigenvalue weighted by molar-refractivity contribution is 5.86. The molecule has 0 aliphatic heterocycles. The number of rotatable bonds is 4. The fourth-order valence-corrected chi connectivity index (χ4v) is 2.45. The molecule has 0 spiro atoms. The highest BCUT2D eigenvalue weighted by atomic mass is 16.5. The lowest BCUT2D eigenvalue weighted by atomic mass is 9.93. The van der Waals surface area contributed by atoms with E-state index in [-0.39, 0.29) is 17.4 Å². The molecule has 0 amide bonds. The van der Waals surface area contributed by atoms with Crippen molar-refractivity contribution >= 4 is 0 Å². The van der Waals surface area contributed by atoms with Gasteiger partial charge in [-0.3, -0.25) is 0 Å². The summed E-state index contributed by atoms with van der Waals surface area (Å²) < 4.78 is 10.9. The van der Waals surface area contributed by atoms with Crippen LogP contribution < -0.4 is 9.47 Å². The maximum absolute atomic E-state index is 10.1. The number of phenolic OH excluding ortho intramolecular Hbond substituents is 2. The lowest BCUT2D eigenvalue weighted by molar-refractivity contribution is 0.390. The van der Waals surface area contributed by atoms with Gasteiger partial charge in [-0.25, -0.2) is 0 Å². The number of phenols is 2. The molecular weight excluding hydrogens is 268 g/mol. The Kier molecular flexibility index (Phi) is 4.26. The minimum Gasteiger partial charge on any atom is -0.507 e. The lowest BCUT2D eigenvalue weighted by Gasteiger charge is -2.20. The summed E-state index contributed by atoms with van der Waals surface area (Å²) in [5.41, 5.74) is 1.85. The first-order valence-electron chi connectivity index (χ1n) is 6.77. The Balaban J connectivity index is 2.85. The quantitative estimate of drug-likeness (QED) is 0.895. The second-order valence-electron chi connectivity index (χ2n) is 5.09. The van der Waals surface area contributed by atoms with Crippen LogP contribution in [0.1, 0.15) is 25.3 Å². The Hall–Kier alpha value is -2.36. The first kappa shape index (κ1) is 15.0. The molecule has 0 aromatic heterocycles. The fourth-order valence-electron chi connectivity index (χ4n) is 2.45. The second kappa shape index (κ2) is 5.95. The van der Waals surface area contributed by atoms with E-state index >= 15 is 0 Å². The van der Waals surface area contributed by atoms with E-state index in [1.165, 1.54) is 12.1 Å². The summed E-state index contributed by atoms with van der Waals surface area (Å²) >= 11 is 0. The van der Waals surface area contributed by atoms with Crippen LogP contribution in [0.2, 0.25) is 0 Å². The predicted molar refractivity (Wildman–Crippen MR) is 82.4 cm³/mol. The largest absolute Gasteiger partial charge is 0.507 e. The zero-order valence-corrected chi connectivity index (χ0v) is 12.7. The van der Waals surface area contributed by atoms with E-state index in [0.717, 1.165) is 5.56 Å². The van der Waals surface area contributed by atoms with Crippen molar-refractivity contribution in [2.45, 2.75) is 19.8 Å². The highest BCUT2D eigenvalue weighted by Gasteiger charge is 2.23. The first-order chi connectivity index (χ1) is 10.0. The molecule has 112 valence electrons. The molecule has 0 heterocycles. The van der Waals surface area contributed by atoms with Crippen LogP contribution in [0.15, 0.2) is 30.3 Å². The van der Waals surface area contributed by atoms with E-state index in [9.17, 15) is 10.2 Å². The van der Waals surface area contributed by atoms with Crippen LogP contribution in [-0.4, -0.2) is 24.4 Å². The molecule has 0 aliphatic carbocycles. The number of aromatic hydroxyl groups is 2. The standard InChI is InChI=1S/C17H20O4/c1-10(2)11-8-9-14(20-3)16(17(11)21-4)15-12(18)6-5-7-13(15)19/h5-10,18-19H,1-4H3. The van der Waals surface area contributed by atoms with Gasteiger partial charge in [0.15, 0.2) is 0 Å². The van der Waals surface area contributed by atoms with Gasteiger partial charge >= 0.3 is 0 Å². The number of hydrogen-bond acceptors (Lipinski definition) is 4. The summed E-state index contributed by atoms with van der Waals surface area (Å²) in [5, 5.41) is 20.3. The molecule has 0 saturated carbocycles. The summed E-state index contributed by atoms with van der Waals surface area (Å²) in [6.07, 6.45) is 0. The van der Waals surface area contributed by atoms with E-state index in [4.69, 9.17) is 9.47 Å². The molecule has 4 heteroatoms. The average Bonchev–Trinajstić information content (AvgIpc) is 2.46. The van der Waals surface area contributed by atoms with Gasteiger partial charge in [0.25, 0.3) is 0 Å². The van der Waals surface area contributed by atoms with Gasteiger partial charge in [-0.15, -0.1) is 0 Å². The Morgan fingerprint density at radius 3 is 1.95 bits per heavy atom. The van der Waals surface area contributed by atoms with Gasteiger partial charge in [0.05, 0.1) is 25.3 Å². The van der Waals surface area contributed by atoms with E-state index in [1.807, 2.05) is 12.1 Å².